The third kappa shape index (κ3) is 7.93. The first kappa shape index (κ1) is 13.9. The first-order chi connectivity index (χ1) is 6.87. The second-order valence-corrected chi connectivity index (χ2v) is 4.34. The number of ether oxygens (including phenoxy) is 1. The molecule has 0 saturated heterocycles. The molecule has 0 fully saturated rings. The van der Waals surface area contributed by atoms with E-state index in [4.69, 9.17) is 10.6 Å². The molecular weight excluding hydrogens is 196 g/mol. The highest BCUT2D eigenvalue weighted by atomic mass is 16.6. The Morgan fingerprint density at radius 2 is 2.00 bits per heavy atom. The van der Waals surface area contributed by atoms with Crippen molar-refractivity contribution in [3.63, 3.8) is 0 Å². The molecule has 0 atom stereocenters. The number of carbonyl (C=O) groups excluding carboxylic acids is 2. The lowest BCUT2D eigenvalue weighted by molar-refractivity contribution is -0.107. The van der Waals surface area contributed by atoms with Crippen LogP contribution in [-0.4, -0.2) is 29.5 Å². The molecule has 5 nitrogen and oxygen atoms in total. The van der Waals surface area contributed by atoms with Gasteiger partial charge >= 0.3 is 6.09 Å². The Balaban J connectivity index is 3.74. The van der Waals surface area contributed by atoms with Crippen molar-refractivity contribution in [3.05, 3.63) is 0 Å². The monoisotopic (exact) mass is 216 g/mol. The number of nitrogens with two attached hydrogens (primary N) is 1. The van der Waals surface area contributed by atoms with E-state index in [0.717, 1.165) is 17.7 Å². The van der Waals surface area contributed by atoms with Gasteiger partial charge in [0.2, 0.25) is 0 Å². The number of nitrogens with zero attached hydrogens (tertiary/aromatic N) is 1. The number of hydrazine groups is 1. The topological polar surface area (TPSA) is 72.6 Å². The number of carbonyl (C=O) groups is 2. The molecule has 0 heterocycles. The molecule has 15 heavy (non-hydrogen) atoms. The van der Waals surface area contributed by atoms with Crippen molar-refractivity contribution in [2.75, 3.05) is 6.54 Å². The third-order valence-electron chi connectivity index (χ3n) is 1.60. The van der Waals surface area contributed by atoms with E-state index < -0.39 is 11.7 Å². The Labute approximate surface area is 90.5 Å². The van der Waals surface area contributed by atoms with Gasteiger partial charge in [0.05, 0.1) is 0 Å². The average molecular weight is 216 g/mol. The van der Waals surface area contributed by atoms with E-state index in [9.17, 15) is 9.59 Å². The van der Waals surface area contributed by atoms with Crippen molar-refractivity contribution in [2.24, 2.45) is 5.84 Å². The van der Waals surface area contributed by atoms with Crippen LogP contribution >= 0.6 is 0 Å². The molecule has 0 aromatic heterocycles. The molecular formula is C10H20N2O3. The molecule has 1 amide bonds. The quantitative estimate of drug-likeness (QED) is 0.248. The van der Waals surface area contributed by atoms with E-state index in [-0.39, 0.29) is 0 Å². The Morgan fingerprint density at radius 3 is 2.47 bits per heavy atom. The van der Waals surface area contributed by atoms with Crippen LogP contribution in [0, 0.1) is 0 Å². The molecule has 0 aromatic rings. The van der Waals surface area contributed by atoms with Crippen LogP contribution in [0.3, 0.4) is 0 Å². The van der Waals surface area contributed by atoms with Gasteiger partial charge < -0.3 is 9.53 Å². The van der Waals surface area contributed by atoms with E-state index in [2.05, 4.69) is 0 Å². The fourth-order valence-corrected chi connectivity index (χ4v) is 0.922. The van der Waals surface area contributed by atoms with E-state index >= 15 is 0 Å². The van der Waals surface area contributed by atoms with E-state index in [0.29, 0.717) is 19.4 Å². The standard InChI is InChI=1S/C10H20N2O3/c1-10(2,3)15-9(14)12(11)7-5-4-6-8-13/h8H,4-7,11H2,1-3H3. The van der Waals surface area contributed by atoms with Gasteiger partial charge in [0, 0.05) is 13.0 Å². The molecule has 0 bridgehead atoms. The van der Waals surface area contributed by atoms with Crippen LogP contribution in [0.15, 0.2) is 0 Å². The molecule has 0 radical (unpaired) electrons. The lowest BCUT2D eigenvalue weighted by atomic mass is 10.2. The average Bonchev–Trinajstić information content (AvgIpc) is 2.09. The first-order valence-electron chi connectivity index (χ1n) is 5.05. The van der Waals surface area contributed by atoms with Crippen LogP contribution in [0.4, 0.5) is 4.79 Å². The predicted molar refractivity (Wildman–Crippen MR) is 57.0 cm³/mol. The van der Waals surface area contributed by atoms with Crippen LogP contribution in [0.1, 0.15) is 40.0 Å². The minimum absolute atomic E-state index is 0.406. The fraction of sp³-hybridized carbons (Fsp3) is 0.800. The zero-order valence-corrected chi connectivity index (χ0v) is 9.66. The van der Waals surface area contributed by atoms with Gasteiger partial charge in [-0.15, -0.1) is 0 Å². The van der Waals surface area contributed by atoms with Gasteiger partial charge in [0.25, 0.3) is 0 Å². The summed E-state index contributed by atoms with van der Waals surface area (Å²) in [5.41, 5.74) is -0.530. The Hall–Kier alpha value is -1.10. The van der Waals surface area contributed by atoms with Crippen molar-refractivity contribution >= 4 is 12.4 Å². The van der Waals surface area contributed by atoms with Crippen molar-refractivity contribution in [1.29, 1.82) is 0 Å². The Kier molecular flexibility index (Phi) is 5.93. The van der Waals surface area contributed by atoms with Crippen LogP contribution in [0.25, 0.3) is 0 Å². The number of amides is 1. The highest BCUT2D eigenvalue weighted by molar-refractivity contribution is 5.67. The molecule has 0 aliphatic carbocycles. The second-order valence-electron chi connectivity index (χ2n) is 4.34. The van der Waals surface area contributed by atoms with Gasteiger partial charge in [-0.3, -0.25) is 0 Å². The summed E-state index contributed by atoms with van der Waals surface area (Å²) in [6.07, 6.45) is 2.26. The Morgan fingerprint density at radius 1 is 1.40 bits per heavy atom. The minimum Gasteiger partial charge on any atom is -0.443 e. The molecule has 0 spiro atoms. The number of aldehydes is 1. The number of hydrogen-bond donors (Lipinski definition) is 1. The molecule has 5 heteroatoms. The summed E-state index contributed by atoms with van der Waals surface area (Å²) < 4.78 is 5.05. The van der Waals surface area contributed by atoms with Crippen LogP contribution < -0.4 is 5.84 Å². The van der Waals surface area contributed by atoms with Crippen molar-refractivity contribution < 1.29 is 14.3 Å². The number of unbranched alkanes of at least 4 members (excludes halogenated alkanes) is 2. The summed E-state index contributed by atoms with van der Waals surface area (Å²) >= 11 is 0. The van der Waals surface area contributed by atoms with Crippen molar-refractivity contribution in [2.45, 2.75) is 45.6 Å². The SMILES string of the molecule is CC(C)(C)OC(=O)N(N)CCCCC=O. The molecule has 0 rings (SSSR count). The van der Waals surface area contributed by atoms with Gasteiger partial charge in [-0.05, 0) is 33.6 Å². The minimum atomic E-state index is -0.534. The van der Waals surface area contributed by atoms with Gasteiger partial charge in [0.1, 0.15) is 11.9 Å². The lowest BCUT2D eigenvalue weighted by Crippen LogP contribution is -2.42. The maximum absolute atomic E-state index is 11.3. The summed E-state index contributed by atoms with van der Waals surface area (Å²) in [4.78, 5) is 21.4. The summed E-state index contributed by atoms with van der Waals surface area (Å²) in [6.45, 7) is 5.75. The normalized spacial score (nSPS) is 10.9. The molecule has 0 aromatic carbocycles. The molecule has 0 aliphatic rings. The zero-order chi connectivity index (χ0) is 11.9. The summed E-state index contributed by atoms with van der Waals surface area (Å²) in [7, 11) is 0. The third-order valence-corrected chi connectivity index (χ3v) is 1.60. The zero-order valence-electron chi connectivity index (χ0n) is 9.66. The fourth-order valence-electron chi connectivity index (χ4n) is 0.922. The van der Waals surface area contributed by atoms with Gasteiger partial charge in [-0.1, -0.05) is 0 Å². The molecule has 0 saturated carbocycles. The molecule has 2 N–H and O–H groups in total. The van der Waals surface area contributed by atoms with E-state index in [1.54, 1.807) is 20.8 Å². The first-order valence-corrected chi connectivity index (χ1v) is 5.05. The van der Waals surface area contributed by atoms with Gasteiger partial charge in [-0.2, -0.15) is 0 Å². The van der Waals surface area contributed by atoms with E-state index in [1.807, 2.05) is 0 Å². The smallest absolute Gasteiger partial charge is 0.424 e. The highest BCUT2D eigenvalue weighted by Crippen LogP contribution is 2.08. The molecule has 0 unspecified atom stereocenters. The summed E-state index contributed by atoms with van der Waals surface area (Å²) in [5, 5.41) is 1.04. The van der Waals surface area contributed by atoms with Gasteiger partial charge in [0.15, 0.2) is 0 Å². The Bertz CT molecular complexity index is 211. The number of hydrogen-bond acceptors (Lipinski definition) is 4. The maximum Gasteiger partial charge on any atom is 0.424 e. The summed E-state index contributed by atoms with van der Waals surface area (Å²) in [6, 6.07) is 0. The lowest BCUT2D eigenvalue weighted by Gasteiger charge is -2.24. The highest BCUT2D eigenvalue weighted by Gasteiger charge is 2.19. The van der Waals surface area contributed by atoms with Crippen LogP contribution in [0.5, 0.6) is 0 Å². The maximum atomic E-state index is 11.3. The van der Waals surface area contributed by atoms with Gasteiger partial charge in [-0.25, -0.2) is 15.6 Å². The largest absolute Gasteiger partial charge is 0.443 e. The van der Waals surface area contributed by atoms with Crippen molar-refractivity contribution in [1.82, 2.24) is 5.01 Å². The number of rotatable bonds is 5. The van der Waals surface area contributed by atoms with Crippen molar-refractivity contribution in [3.8, 4) is 0 Å². The van der Waals surface area contributed by atoms with E-state index in [1.165, 1.54) is 0 Å². The predicted octanol–water partition coefficient (Wildman–Crippen LogP) is 1.47. The van der Waals surface area contributed by atoms with Crippen LogP contribution in [-0.2, 0) is 9.53 Å². The molecule has 88 valence electrons. The summed E-state index contributed by atoms with van der Waals surface area (Å²) in [5.74, 6) is 5.48. The van der Waals surface area contributed by atoms with Crippen LogP contribution in [0.2, 0.25) is 0 Å². The molecule has 0 aliphatic heterocycles. The second kappa shape index (κ2) is 6.40.